The van der Waals surface area contributed by atoms with Crippen LogP contribution in [0.2, 0.25) is 0 Å². The highest BCUT2D eigenvalue weighted by Crippen LogP contribution is 2.44. The third-order valence-electron chi connectivity index (χ3n) is 5.58. The minimum Gasteiger partial charge on any atom is -0.372 e. The number of aliphatic hydroxyl groups is 1. The first kappa shape index (κ1) is 19.9. The van der Waals surface area contributed by atoms with Crippen LogP contribution >= 0.6 is 0 Å². The van der Waals surface area contributed by atoms with Crippen LogP contribution in [0.1, 0.15) is 29.2 Å². The number of carbonyl (C=O) groups excluding carboxylic acids is 2. The number of aryl methyl sites for hydroxylation is 2. The molecule has 4 rings (SSSR count). The summed E-state index contributed by atoms with van der Waals surface area (Å²) in [5.41, 5.74) is 2.50. The summed E-state index contributed by atoms with van der Waals surface area (Å²) in [6.45, 7) is 3.79. The maximum absolute atomic E-state index is 13.4. The smallest absolute Gasteiger partial charge is 0.268 e. The van der Waals surface area contributed by atoms with Gasteiger partial charge in [0.1, 0.15) is 6.54 Å². The molecule has 1 atom stereocenters. The van der Waals surface area contributed by atoms with Gasteiger partial charge in [-0.05, 0) is 36.6 Å². The summed E-state index contributed by atoms with van der Waals surface area (Å²) in [5, 5.41) is 14.4. The van der Waals surface area contributed by atoms with Gasteiger partial charge in [0.05, 0.1) is 5.69 Å². The number of rotatable bonds is 5. The van der Waals surface area contributed by atoms with Crippen LogP contribution in [0.4, 0.5) is 11.4 Å². The minimum atomic E-state index is -1.81. The molecular weight excluding hydrogens is 376 g/mol. The summed E-state index contributed by atoms with van der Waals surface area (Å²) in [4.78, 5) is 27.5. The Hall–Kier alpha value is -3.44. The maximum atomic E-state index is 13.4. The van der Waals surface area contributed by atoms with Crippen molar-refractivity contribution in [2.45, 2.75) is 25.9 Å². The average Bonchev–Trinajstić information content (AvgIpc) is 2.97. The molecule has 30 heavy (non-hydrogen) atoms. The molecule has 5 nitrogen and oxygen atoms in total. The second-order valence-corrected chi connectivity index (χ2v) is 7.54. The number of amides is 2. The molecule has 0 fully saturated rings. The highest BCUT2D eigenvalue weighted by atomic mass is 16.3. The zero-order chi connectivity index (χ0) is 21.3. The fraction of sp³-hybridized carbons (Fsp3) is 0.200. The summed E-state index contributed by atoms with van der Waals surface area (Å²) in [5.74, 6) is -0.835. The van der Waals surface area contributed by atoms with Gasteiger partial charge in [0, 0.05) is 11.3 Å². The first-order valence-electron chi connectivity index (χ1n) is 10.0. The molecule has 1 aliphatic rings. The number of anilines is 2. The molecule has 3 aromatic carbocycles. The van der Waals surface area contributed by atoms with Crippen LogP contribution in [0.5, 0.6) is 0 Å². The molecule has 0 radical (unpaired) electrons. The van der Waals surface area contributed by atoms with Gasteiger partial charge < -0.3 is 10.4 Å². The van der Waals surface area contributed by atoms with Gasteiger partial charge in [-0.1, -0.05) is 73.2 Å². The van der Waals surface area contributed by atoms with E-state index in [1.165, 1.54) is 4.90 Å². The molecule has 0 aromatic heterocycles. The normalized spacial score (nSPS) is 17.7. The quantitative estimate of drug-likeness (QED) is 0.685. The molecule has 1 aliphatic heterocycles. The lowest BCUT2D eigenvalue weighted by molar-refractivity contribution is -0.133. The monoisotopic (exact) mass is 400 g/mol. The fourth-order valence-electron chi connectivity index (χ4n) is 3.95. The molecular formula is C25H24N2O3. The Morgan fingerprint density at radius 3 is 2.40 bits per heavy atom. The van der Waals surface area contributed by atoms with E-state index in [9.17, 15) is 14.7 Å². The fourth-order valence-corrected chi connectivity index (χ4v) is 3.95. The van der Waals surface area contributed by atoms with Crippen molar-refractivity contribution in [3.05, 3.63) is 95.1 Å². The second-order valence-electron chi connectivity index (χ2n) is 7.54. The number of benzene rings is 3. The SMILES string of the molecule is CCc1ccccc1NC(=O)CN1C(=O)[C@@](O)(c2ccc(C)cc2)c2ccccc21. The zero-order valence-corrected chi connectivity index (χ0v) is 17.1. The van der Waals surface area contributed by atoms with Crippen molar-refractivity contribution < 1.29 is 14.7 Å². The molecule has 0 saturated carbocycles. The highest BCUT2D eigenvalue weighted by molar-refractivity contribution is 6.12. The molecule has 3 aromatic rings. The summed E-state index contributed by atoms with van der Waals surface area (Å²) in [6.07, 6.45) is 0.787. The maximum Gasteiger partial charge on any atom is 0.268 e. The van der Waals surface area contributed by atoms with Crippen molar-refractivity contribution >= 4 is 23.2 Å². The number of para-hydroxylation sites is 2. The van der Waals surface area contributed by atoms with Crippen molar-refractivity contribution in [3.63, 3.8) is 0 Å². The molecule has 0 spiro atoms. The van der Waals surface area contributed by atoms with Gasteiger partial charge in [-0.25, -0.2) is 0 Å². The Bertz CT molecular complexity index is 1110. The lowest BCUT2D eigenvalue weighted by atomic mass is 9.87. The van der Waals surface area contributed by atoms with E-state index in [4.69, 9.17) is 0 Å². The third-order valence-corrected chi connectivity index (χ3v) is 5.58. The molecule has 152 valence electrons. The van der Waals surface area contributed by atoms with E-state index in [-0.39, 0.29) is 12.5 Å². The first-order valence-corrected chi connectivity index (χ1v) is 10.0. The number of hydrogen-bond acceptors (Lipinski definition) is 3. The van der Waals surface area contributed by atoms with Crippen LogP contribution in [0.15, 0.2) is 72.8 Å². The molecule has 2 N–H and O–H groups in total. The van der Waals surface area contributed by atoms with Gasteiger partial charge in [-0.2, -0.15) is 0 Å². The van der Waals surface area contributed by atoms with Gasteiger partial charge in [0.15, 0.2) is 5.60 Å². The molecule has 2 amide bonds. The van der Waals surface area contributed by atoms with Crippen LogP contribution in [0, 0.1) is 6.92 Å². The highest BCUT2D eigenvalue weighted by Gasteiger charge is 2.51. The number of carbonyl (C=O) groups is 2. The topological polar surface area (TPSA) is 69.6 Å². The van der Waals surface area contributed by atoms with Crippen LogP contribution in [0.25, 0.3) is 0 Å². The van der Waals surface area contributed by atoms with Crippen molar-refractivity contribution in [1.82, 2.24) is 0 Å². The summed E-state index contributed by atoms with van der Waals surface area (Å²) in [7, 11) is 0. The van der Waals surface area contributed by atoms with Gasteiger partial charge in [-0.15, -0.1) is 0 Å². The Morgan fingerprint density at radius 2 is 1.67 bits per heavy atom. The average molecular weight is 400 g/mol. The van der Waals surface area contributed by atoms with Crippen LogP contribution in [0.3, 0.4) is 0 Å². The van der Waals surface area contributed by atoms with Crippen LogP contribution in [-0.4, -0.2) is 23.5 Å². The van der Waals surface area contributed by atoms with Crippen LogP contribution in [-0.2, 0) is 21.6 Å². The first-order chi connectivity index (χ1) is 14.4. The molecule has 0 saturated heterocycles. The lowest BCUT2D eigenvalue weighted by Gasteiger charge is -2.24. The number of hydrogen-bond donors (Lipinski definition) is 2. The predicted octanol–water partition coefficient (Wildman–Crippen LogP) is 3.78. The van der Waals surface area contributed by atoms with Crippen molar-refractivity contribution in [1.29, 1.82) is 0 Å². The van der Waals surface area contributed by atoms with E-state index in [0.717, 1.165) is 23.2 Å². The summed E-state index contributed by atoms with van der Waals surface area (Å²) >= 11 is 0. The van der Waals surface area contributed by atoms with E-state index in [1.54, 1.807) is 36.4 Å². The number of fused-ring (bicyclic) bond motifs is 1. The molecule has 0 aliphatic carbocycles. The molecule has 0 bridgehead atoms. The van der Waals surface area contributed by atoms with Crippen molar-refractivity contribution in [2.75, 3.05) is 16.8 Å². The summed E-state index contributed by atoms with van der Waals surface area (Å²) < 4.78 is 0. The minimum absolute atomic E-state index is 0.179. The zero-order valence-electron chi connectivity index (χ0n) is 17.1. The predicted molar refractivity (Wildman–Crippen MR) is 117 cm³/mol. The van der Waals surface area contributed by atoms with Crippen molar-refractivity contribution in [2.24, 2.45) is 0 Å². The Balaban J connectivity index is 1.65. The largest absolute Gasteiger partial charge is 0.372 e. The molecule has 1 heterocycles. The third kappa shape index (κ3) is 3.27. The van der Waals surface area contributed by atoms with Crippen LogP contribution < -0.4 is 10.2 Å². The standard InChI is InChI=1S/C25H24N2O3/c1-3-18-8-4-6-10-21(18)26-23(28)16-27-22-11-7-5-9-20(22)25(30,24(27)29)19-14-12-17(2)13-15-19/h4-15,30H,3,16H2,1-2H3,(H,26,28)/t25-/m1/s1. The molecule has 0 unspecified atom stereocenters. The Labute approximate surface area is 176 Å². The van der Waals surface area contributed by atoms with Gasteiger partial charge in [-0.3, -0.25) is 14.5 Å². The summed E-state index contributed by atoms with van der Waals surface area (Å²) in [6, 6.07) is 21.9. The van der Waals surface area contributed by atoms with Gasteiger partial charge in [0.25, 0.3) is 5.91 Å². The number of nitrogens with one attached hydrogen (secondary N) is 1. The molecule has 5 heteroatoms. The van der Waals surface area contributed by atoms with E-state index in [0.29, 0.717) is 16.8 Å². The second kappa shape index (κ2) is 7.76. The van der Waals surface area contributed by atoms with E-state index in [2.05, 4.69) is 5.32 Å². The van der Waals surface area contributed by atoms with Gasteiger partial charge in [0.2, 0.25) is 5.91 Å². The van der Waals surface area contributed by atoms with E-state index < -0.39 is 11.5 Å². The van der Waals surface area contributed by atoms with Crippen molar-refractivity contribution in [3.8, 4) is 0 Å². The number of nitrogens with zero attached hydrogens (tertiary/aromatic N) is 1. The Kier molecular flexibility index (Phi) is 5.14. The van der Waals surface area contributed by atoms with E-state index >= 15 is 0 Å². The Morgan fingerprint density at radius 1 is 1.00 bits per heavy atom. The van der Waals surface area contributed by atoms with Gasteiger partial charge >= 0.3 is 0 Å². The lowest BCUT2D eigenvalue weighted by Crippen LogP contribution is -2.44. The van der Waals surface area contributed by atoms with E-state index in [1.807, 2.05) is 50.2 Å².